The minimum absolute atomic E-state index is 0.230. The molecule has 0 atom stereocenters. The van der Waals surface area contributed by atoms with Crippen LogP contribution >= 0.6 is 0 Å². The van der Waals surface area contributed by atoms with Crippen molar-refractivity contribution in [2.75, 3.05) is 45.8 Å². The zero-order valence-corrected chi connectivity index (χ0v) is 24.2. The van der Waals surface area contributed by atoms with Crippen LogP contribution < -0.4 is 5.32 Å². The average molecular weight is 573 g/mol. The van der Waals surface area contributed by atoms with Crippen LogP contribution in [0, 0.1) is 6.92 Å². The van der Waals surface area contributed by atoms with E-state index in [0.717, 1.165) is 51.3 Å². The number of nitrogens with one attached hydrogen (secondary N) is 1. The lowest BCUT2D eigenvalue weighted by Crippen LogP contribution is -2.48. The van der Waals surface area contributed by atoms with Crippen LogP contribution in [0.3, 0.4) is 0 Å². The minimum atomic E-state index is -4.49. The third kappa shape index (κ3) is 7.85. The average Bonchev–Trinajstić information content (AvgIpc) is 3.01. The molecule has 0 saturated carbocycles. The summed E-state index contributed by atoms with van der Waals surface area (Å²) in [4.78, 5) is 9.07. The number of hydrogen-bond acceptors (Lipinski definition) is 4. The van der Waals surface area contributed by atoms with Crippen molar-refractivity contribution < 1.29 is 13.2 Å². The van der Waals surface area contributed by atoms with Crippen LogP contribution in [0.25, 0.3) is 11.3 Å². The standard InChI is InChI=1S/C35H39F3N4/c1-27-13-15-28(16-14-27)32-18-17-31(34(40-32)35(36,37)38)19-21-39-20-8-22-41-23-25-42(26-24-41)33(29-9-4-2-5-10-29)30-11-6-3-7-12-30/h2-7,9-18,33,39H,8,19-26H2,1H3. The van der Waals surface area contributed by atoms with Crippen LogP contribution in [0.1, 0.15) is 40.4 Å². The first-order valence-electron chi connectivity index (χ1n) is 14.8. The highest BCUT2D eigenvalue weighted by molar-refractivity contribution is 5.60. The summed E-state index contributed by atoms with van der Waals surface area (Å²) in [6.07, 6.45) is -3.25. The largest absolute Gasteiger partial charge is 0.433 e. The highest BCUT2D eigenvalue weighted by atomic mass is 19.4. The van der Waals surface area contributed by atoms with Gasteiger partial charge in [-0.2, -0.15) is 13.2 Å². The second-order valence-corrected chi connectivity index (χ2v) is 11.0. The predicted octanol–water partition coefficient (Wildman–Crippen LogP) is 7.01. The van der Waals surface area contributed by atoms with Gasteiger partial charge in [-0.05, 0) is 62.2 Å². The fraction of sp³-hybridized carbons (Fsp3) is 0.343. The Balaban J connectivity index is 1.07. The van der Waals surface area contributed by atoms with E-state index in [4.69, 9.17) is 0 Å². The number of halogens is 3. The minimum Gasteiger partial charge on any atom is -0.316 e. The van der Waals surface area contributed by atoms with Gasteiger partial charge in [-0.1, -0.05) is 96.6 Å². The molecule has 0 radical (unpaired) electrons. The summed E-state index contributed by atoms with van der Waals surface area (Å²) in [7, 11) is 0. The number of hydrogen-bond donors (Lipinski definition) is 1. The van der Waals surface area contributed by atoms with Crippen molar-refractivity contribution in [3.05, 3.63) is 125 Å². The van der Waals surface area contributed by atoms with E-state index in [1.165, 1.54) is 11.1 Å². The van der Waals surface area contributed by atoms with Crippen molar-refractivity contribution in [3.63, 3.8) is 0 Å². The number of nitrogens with zero attached hydrogens (tertiary/aromatic N) is 3. The molecule has 0 bridgehead atoms. The van der Waals surface area contributed by atoms with Crippen molar-refractivity contribution in [1.82, 2.24) is 20.1 Å². The highest BCUT2D eigenvalue weighted by Gasteiger charge is 2.35. The van der Waals surface area contributed by atoms with Gasteiger partial charge in [0.1, 0.15) is 5.69 Å². The second-order valence-electron chi connectivity index (χ2n) is 11.0. The number of rotatable bonds is 11. The number of aryl methyl sites for hydroxylation is 1. The highest BCUT2D eigenvalue weighted by Crippen LogP contribution is 2.33. The van der Waals surface area contributed by atoms with E-state index in [0.29, 0.717) is 17.8 Å². The Kier molecular flexibility index (Phi) is 10.1. The van der Waals surface area contributed by atoms with E-state index < -0.39 is 11.9 Å². The molecule has 3 aromatic carbocycles. The van der Waals surface area contributed by atoms with Crippen molar-refractivity contribution in [3.8, 4) is 11.3 Å². The molecule has 1 aromatic heterocycles. The Morgan fingerprint density at radius 3 is 1.98 bits per heavy atom. The molecule has 220 valence electrons. The lowest BCUT2D eigenvalue weighted by atomic mass is 9.96. The Labute approximate surface area is 247 Å². The Bertz CT molecular complexity index is 1340. The fourth-order valence-corrected chi connectivity index (χ4v) is 5.73. The molecule has 0 spiro atoms. The van der Waals surface area contributed by atoms with Gasteiger partial charge >= 0.3 is 6.18 Å². The predicted molar refractivity (Wildman–Crippen MR) is 163 cm³/mol. The van der Waals surface area contributed by atoms with Gasteiger partial charge in [-0.25, -0.2) is 4.98 Å². The van der Waals surface area contributed by atoms with E-state index in [1.54, 1.807) is 12.1 Å². The van der Waals surface area contributed by atoms with Crippen LogP contribution in [-0.4, -0.2) is 60.6 Å². The quantitative estimate of drug-likeness (QED) is 0.196. The third-order valence-electron chi connectivity index (χ3n) is 8.00. The van der Waals surface area contributed by atoms with Crippen LogP contribution in [0.2, 0.25) is 0 Å². The van der Waals surface area contributed by atoms with E-state index in [-0.39, 0.29) is 18.0 Å². The Hall–Kier alpha value is -3.52. The molecule has 7 heteroatoms. The van der Waals surface area contributed by atoms with Gasteiger partial charge in [0.05, 0.1) is 11.7 Å². The van der Waals surface area contributed by atoms with E-state index in [9.17, 15) is 13.2 Å². The van der Waals surface area contributed by atoms with Gasteiger partial charge in [0.25, 0.3) is 0 Å². The molecule has 0 amide bonds. The number of piperazine rings is 1. The zero-order valence-electron chi connectivity index (χ0n) is 24.2. The van der Waals surface area contributed by atoms with Crippen molar-refractivity contribution in [2.24, 2.45) is 0 Å². The number of pyridine rings is 1. The molecule has 0 aliphatic carbocycles. The molecule has 1 aliphatic rings. The SMILES string of the molecule is Cc1ccc(-c2ccc(CCNCCCN3CCN(C(c4ccccc4)c4ccccc4)CC3)c(C(F)(F)F)n2)cc1. The fourth-order valence-electron chi connectivity index (χ4n) is 5.73. The van der Waals surface area contributed by atoms with Gasteiger partial charge in [0.15, 0.2) is 0 Å². The van der Waals surface area contributed by atoms with Gasteiger partial charge in [0, 0.05) is 31.7 Å². The number of aromatic nitrogens is 1. The molecule has 1 saturated heterocycles. The summed E-state index contributed by atoms with van der Waals surface area (Å²) in [6, 6.07) is 32.3. The summed E-state index contributed by atoms with van der Waals surface area (Å²) in [5.74, 6) is 0. The van der Waals surface area contributed by atoms with E-state index in [2.05, 4.69) is 80.8 Å². The van der Waals surface area contributed by atoms with Gasteiger partial charge in [-0.15, -0.1) is 0 Å². The molecule has 4 nitrogen and oxygen atoms in total. The first kappa shape index (κ1) is 30.0. The maximum Gasteiger partial charge on any atom is 0.433 e. The molecule has 42 heavy (non-hydrogen) atoms. The number of benzene rings is 3. The maximum absolute atomic E-state index is 13.8. The summed E-state index contributed by atoms with van der Waals surface area (Å²) in [5.41, 5.74) is 4.16. The summed E-state index contributed by atoms with van der Waals surface area (Å²) in [6.45, 7) is 8.17. The first-order valence-corrected chi connectivity index (χ1v) is 14.8. The van der Waals surface area contributed by atoms with Gasteiger partial charge in [-0.3, -0.25) is 4.90 Å². The normalized spacial score (nSPS) is 14.9. The Morgan fingerprint density at radius 2 is 1.38 bits per heavy atom. The second kappa shape index (κ2) is 14.1. The van der Waals surface area contributed by atoms with Crippen LogP contribution in [0.4, 0.5) is 13.2 Å². The van der Waals surface area contributed by atoms with E-state index >= 15 is 0 Å². The molecule has 2 heterocycles. The van der Waals surface area contributed by atoms with Gasteiger partial charge in [0.2, 0.25) is 0 Å². The van der Waals surface area contributed by atoms with Crippen LogP contribution in [0.15, 0.2) is 97.1 Å². The summed E-state index contributed by atoms with van der Waals surface area (Å²) in [5, 5.41) is 3.34. The molecule has 0 unspecified atom stereocenters. The topological polar surface area (TPSA) is 31.4 Å². The lowest BCUT2D eigenvalue weighted by molar-refractivity contribution is -0.141. The molecule has 1 N–H and O–H groups in total. The molecule has 5 rings (SSSR count). The molecule has 1 aliphatic heterocycles. The molecule has 4 aromatic rings. The van der Waals surface area contributed by atoms with Crippen molar-refractivity contribution in [1.29, 1.82) is 0 Å². The monoisotopic (exact) mass is 572 g/mol. The number of alkyl halides is 3. The van der Waals surface area contributed by atoms with Crippen LogP contribution in [0.5, 0.6) is 0 Å². The third-order valence-corrected chi connectivity index (χ3v) is 8.00. The molecule has 1 fully saturated rings. The maximum atomic E-state index is 13.8. The summed E-state index contributed by atoms with van der Waals surface area (Å²) >= 11 is 0. The Morgan fingerprint density at radius 1 is 0.762 bits per heavy atom. The molecular formula is C35H39F3N4. The van der Waals surface area contributed by atoms with Crippen molar-refractivity contribution in [2.45, 2.75) is 32.0 Å². The van der Waals surface area contributed by atoms with E-state index in [1.807, 2.05) is 31.2 Å². The zero-order chi connectivity index (χ0) is 29.4. The van der Waals surface area contributed by atoms with Crippen LogP contribution in [-0.2, 0) is 12.6 Å². The summed E-state index contributed by atoms with van der Waals surface area (Å²) < 4.78 is 41.5. The lowest BCUT2D eigenvalue weighted by Gasteiger charge is -2.39. The first-order chi connectivity index (χ1) is 20.4. The smallest absolute Gasteiger partial charge is 0.316 e. The van der Waals surface area contributed by atoms with Crippen molar-refractivity contribution >= 4 is 0 Å². The van der Waals surface area contributed by atoms with Gasteiger partial charge < -0.3 is 10.2 Å². The molecular weight excluding hydrogens is 533 g/mol.